The Kier molecular flexibility index (Phi) is 10.2. The van der Waals surface area contributed by atoms with E-state index in [0.717, 1.165) is 37.0 Å². The van der Waals surface area contributed by atoms with Crippen molar-refractivity contribution < 1.29 is 28.7 Å². The number of unbranched alkanes of at least 4 members (excludes halogenated alkanes) is 1. The molecule has 1 fully saturated rings. The van der Waals surface area contributed by atoms with E-state index in [4.69, 9.17) is 9.47 Å². The average molecular weight is 467 g/mol. The van der Waals surface area contributed by atoms with Gasteiger partial charge in [0.15, 0.2) is 6.61 Å². The van der Waals surface area contributed by atoms with E-state index >= 15 is 0 Å². The number of esters is 2. The lowest BCUT2D eigenvalue weighted by Crippen LogP contribution is -2.27. The minimum atomic E-state index is -0.622. The summed E-state index contributed by atoms with van der Waals surface area (Å²) in [7, 11) is 1.49. The molecule has 1 aromatic rings. The second-order valence-electron chi connectivity index (χ2n) is 8.08. The first-order chi connectivity index (χ1) is 15.3. The molecule has 1 aromatic heterocycles. The predicted molar refractivity (Wildman–Crippen MR) is 123 cm³/mol. The summed E-state index contributed by atoms with van der Waals surface area (Å²) >= 11 is 0.985. The highest BCUT2D eigenvalue weighted by Gasteiger charge is 2.29. The molecule has 2 amide bonds. The number of carbonyl (C=O) groups is 4. The molecule has 0 saturated heterocycles. The normalized spacial score (nSPS) is 18.0. The molecule has 0 radical (unpaired) electrons. The number of anilines is 1. The van der Waals surface area contributed by atoms with Crippen molar-refractivity contribution in [3.63, 3.8) is 0 Å². The third-order valence-corrected chi connectivity index (χ3v) is 7.01. The Morgan fingerprint density at radius 2 is 1.75 bits per heavy atom. The number of carbonyl (C=O) groups excluding carboxylic acids is 4. The minimum absolute atomic E-state index is 0.139. The van der Waals surface area contributed by atoms with Gasteiger partial charge in [0, 0.05) is 7.05 Å². The van der Waals surface area contributed by atoms with E-state index in [9.17, 15) is 19.2 Å². The van der Waals surface area contributed by atoms with Crippen LogP contribution < -0.4 is 10.6 Å². The summed E-state index contributed by atoms with van der Waals surface area (Å²) in [4.78, 5) is 49.6. The Morgan fingerprint density at radius 3 is 2.34 bits per heavy atom. The van der Waals surface area contributed by atoms with Crippen molar-refractivity contribution >= 4 is 40.1 Å². The molecular weight excluding hydrogens is 432 g/mol. The van der Waals surface area contributed by atoms with Crippen molar-refractivity contribution in [2.45, 2.75) is 65.7 Å². The lowest BCUT2D eigenvalue weighted by molar-refractivity contribution is -0.152. The maximum absolute atomic E-state index is 12.4. The number of hydrogen-bond acceptors (Lipinski definition) is 7. The lowest BCUT2D eigenvalue weighted by atomic mass is 9.80. The van der Waals surface area contributed by atoms with E-state index in [1.807, 2.05) is 0 Å². The SMILES string of the molecule is CCCCC1CCC(C(=O)OCC(=O)Nc2sc(C(=O)NC)c(C)c2C(=O)OCC)CC1. The highest BCUT2D eigenvalue weighted by atomic mass is 32.1. The maximum atomic E-state index is 12.4. The first-order valence-corrected chi connectivity index (χ1v) is 12.1. The van der Waals surface area contributed by atoms with Gasteiger partial charge in [-0.1, -0.05) is 26.2 Å². The molecular formula is C23H34N2O6S. The number of nitrogens with one attached hydrogen (secondary N) is 2. The third-order valence-electron chi connectivity index (χ3n) is 5.80. The zero-order valence-corrected chi connectivity index (χ0v) is 20.2. The Bertz CT molecular complexity index is 827. The predicted octanol–water partition coefficient (Wildman–Crippen LogP) is 4.07. The van der Waals surface area contributed by atoms with Gasteiger partial charge in [-0.15, -0.1) is 11.3 Å². The van der Waals surface area contributed by atoms with Crippen LogP contribution in [0, 0.1) is 18.8 Å². The first kappa shape index (κ1) is 25.8. The number of ether oxygens (including phenoxy) is 2. The molecule has 2 rings (SSSR count). The van der Waals surface area contributed by atoms with E-state index in [-0.39, 0.29) is 35.0 Å². The molecule has 178 valence electrons. The van der Waals surface area contributed by atoms with E-state index in [0.29, 0.717) is 16.4 Å². The molecule has 0 aliphatic heterocycles. The fraction of sp³-hybridized carbons (Fsp3) is 0.652. The second-order valence-corrected chi connectivity index (χ2v) is 9.10. The highest BCUT2D eigenvalue weighted by Crippen LogP contribution is 2.34. The zero-order valence-electron chi connectivity index (χ0n) is 19.4. The summed E-state index contributed by atoms with van der Waals surface area (Å²) < 4.78 is 10.3. The van der Waals surface area contributed by atoms with Gasteiger partial charge >= 0.3 is 11.9 Å². The van der Waals surface area contributed by atoms with Crippen molar-refractivity contribution in [3.05, 3.63) is 16.0 Å². The fourth-order valence-electron chi connectivity index (χ4n) is 3.98. The van der Waals surface area contributed by atoms with Crippen molar-refractivity contribution in [1.29, 1.82) is 0 Å². The van der Waals surface area contributed by atoms with Crippen LogP contribution in [0.4, 0.5) is 5.00 Å². The van der Waals surface area contributed by atoms with Crippen molar-refractivity contribution in [1.82, 2.24) is 5.32 Å². The molecule has 9 heteroatoms. The molecule has 8 nitrogen and oxygen atoms in total. The monoisotopic (exact) mass is 466 g/mol. The molecule has 0 unspecified atom stereocenters. The summed E-state index contributed by atoms with van der Waals surface area (Å²) in [6.45, 7) is 5.20. The summed E-state index contributed by atoms with van der Waals surface area (Å²) in [5.41, 5.74) is 0.570. The molecule has 32 heavy (non-hydrogen) atoms. The van der Waals surface area contributed by atoms with Crippen LogP contribution in [-0.4, -0.2) is 44.0 Å². The van der Waals surface area contributed by atoms with E-state index in [1.165, 1.54) is 26.3 Å². The topological polar surface area (TPSA) is 111 Å². The van der Waals surface area contributed by atoms with Gasteiger partial charge in [-0.3, -0.25) is 14.4 Å². The Morgan fingerprint density at radius 1 is 1.06 bits per heavy atom. The number of hydrogen-bond donors (Lipinski definition) is 2. The van der Waals surface area contributed by atoms with Crippen LogP contribution >= 0.6 is 11.3 Å². The summed E-state index contributed by atoms with van der Waals surface area (Å²) in [5, 5.41) is 5.32. The molecule has 0 atom stereocenters. The van der Waals surface area contributed by atoms with Crippen LogP contribution in [0.25, 0.3) is 0 Å². The quantitative estimate of drug-likeness (QED) is 0.503. The van der Waals surface area contributed by atoms with Crippen molar-refractivity contribution in [2.75, 3.05) is 25.6 Å². The number of rotatable bonds is 10. The second kappa shape index (κ2) is 12.6. The van der Waals surface area contributed by atoms with Gasteiger partial charge in [0.2, 0.25) is 0 Å². The largest absolute Gasteiger partial charge is 0.462 e. The van der Waals surface area contributed by atoms with Gasteiger partial charge < -0.3 is 20.1 Å². The fourth-order valence-corrected chi connectivity index (χ4v) is 5.13. The van der Waals surface area contributed by atoms with Gasteiger partial charge in [0.1, 0.15) is 5.00 Å². The van der Waals surface area contributed by atoms with Crippen LogP contribution in [0.15, 0.2) is 0 Å². The van der Waals surface area contributed by atoms with Crippen LogP contribution in [-0.2, 0) is 19.1 Å². The smallest absolute Gasteiger partial charge is 0.341 e. The van der Waals surface area contributed by atoms with E-state index in [2.05, 4.69) is 17.6 Å². The van der Waals surface area contributed by atoms with Gasteiger partial charge in [-0.05, 0) is 51.0 Å². The van der Waals surface area contributed by atoms with Crippen molar-refractivity contribution in [3.8, 4) is 0 Å². The minimum Gasteiger partial charge on any atom is -0.462 e. The Balaban J connectivity index is 1.95. The number of thiophene rings is 1. The van der Waals surface area contributed by atoms with Crippen molar-refractivity contribution in [2.24, 2.45) is 11.8 Å². The Labute approximate surface area is 193 Å². The van der Waals surface area contributed by atoms with E-state index < -0.39 is 18.5 Å². The zero-order chi connectivity index (χ0) is 23.7. The first-order valence-electron chi connectivity index (χ1n) is 11.3. The highest BCUT2D eigenvalue weighted by molar-refractivity contribution is 7.18. The Hall–Kier alpha value is -2.42. The standard InChI is InChI=1S/C23H34N2O6S/c1-5-7-8-15-9-11-16(12-10-15)22(28)31-13-17(26)25-21-18(23(29)30-6-2)14(3)19(32-21)20(27)24-4/h15-16H,5-13H2,1-4H3,(H,24,27)(H,25,26). The summed E-state index contributed by atoms with van der Waals surface area (Å²) in [6.07, 6.45) is 7.24. The lowest BCUT2D eigenvalue weighted by Gasteiger charge is -2.27. The average Bonchev–Trinajstić information content (AvgIpc) is 3.11. The van der Waals surface area contributed by atoms with E-state index in [1.54, 1.807) is 13.8 Å². The molecule has 1 saturated carbocycles. The van der Waals surface area contributed by atoms with Gasteiger partial charge in [0.05, 0.1) is 23.0 Å². The number of amides is 2. The van der Waals surface area contributed by atoms with Crippen LogP contribution in [0.2, 0.25) is 0 Å². The molecule has 1 aliphatic rings. The van der Waals surface area contributed by atoms with Crippen LogP contribution in [0.3, 0.4) is 0 Å². The third kappa shape index (κ3) is 6.79. The summed E-state index contributed by atoms with van der Waals surface area (Å²) in [5.74, 6) is -1.39. The molecule has 1 aliphatic carbocycles. The van der Waals surface area contributed by atoms with Gasteiger partial charge in [-0.2, -0.15) is 0 Å². The molecule has 1 heterocycles. The molecule has 0 aromatic carbocycles. The molecule has 2 N–H and O–H groups in total. The summed E-state index contributed by atoms with van der Waals surface area (Å²) in [6, 6.07) is 0. The molecule has 0 spiro atoms. The molecule has 0 bridgehead atoms. The van der Waals surface area contributed by atoms with Crippen LogP contribution in [0.1, 0.15) is 84.4 Å². The van der Waals surface area contributed by atoms with Gasteiger partial charge in [-0.25, -0.2) is 4.79 Å². The van der Waals surface area contributed by atoms with Crippen LogP contribution in [0.5, 0.6) is 0 Å². The van der Waals surface area contributed by atoms with Gasteiger partial charge in [0.25, 0.3) is 11.8 Å². The maximum Gasteiger partial charge on any atom is 0.341 e.